The minimum absolute atomic E-state index is 0.0516. The van der Waals surface area contributed by atoms with Gasteiger partial charge >= 0.3 is 6.18 Å². The molecular formula is C11H17F3N2O4S. The Balaban J connectivity index is 2.56. The van der Waals surface area contributed by atoms with Gasteiger partial charge in [0.2, 0.25) is 10.0 Å². The maximum atomic E-state index is 11.9. The van der Waals surface area contributed by atoms with Gasteiger partial charge in [-0.3, -0.25) is 0 Å². The molecule has 0 aliphatic heterocycles. The Kier molecular flexibility index (Phi) is 6.20. The number of alkyl halides is 3. The minimum Gasteiger partial charge on any atom is -0.390 e. The summed E-state index contributed by atoms with van der Waals surface area (Å²) in [5.41, 5.74) is 0.436. The minimum atomic E-state index is -4.44. The first-order valence-corrected chi connectivity index (χ1v) is 7.62. The van der Waals surface area contributed by atoms with E-state index in [1.807, 2.05) is 0 Å². The van der Waals surface area contributed by atoms with Crippen LogP contribution >= 0.6 is 0 Å². The Morgan fingerprint density at radius 3 is 2.57 bits per heavy atom. The summed E-state index contributed by atoms with van der Waals surface area (Å²) in [4.78, 5) is -0.0516. The molecule has 0 aliphatic rings. The molecule has 1 rings (SSSR count). The number of rotatable bonds is 8. The van der Waals surface area contributed by atoms with Crippen LogP contribution in [-0.2, 0) is 27.9 Å². The second kappa shape index (κ2) is 7.25. The number of hydrogen-bond donors (Lipinski definition) is 2. The van der Waals surface area contributed by atoms with E-state index >= 15 is 0 Å². The van der Waals surface area contributed by atoms with E-state index in [1.54, 1.807) is 11.5 Å². The highest BCUT2D eigenvalue weighted by Crippen LogP contribution is 2.15. The van der Waals surface area contributed by atoms with Gasteiger partial charge in [0.05, 0.1) is 18.1 Å². The van der Waals surface area contributed by atoms with Gasteiger partial charge in [0.15, 0.2) is 0 Å². The van der Waals surface area contributed by atoms with Crippen LogP contribution in [0, 0.1) is 0 Å². The summed E-state index contributed by atoms with van der Waals surface area (Å²) >= 11 is 0. The molecule has 21 heavy (non-hydrogen) atoms. The molecule has 10 heteroatoms. The summed E-state index contributed by atoms with van der Waals surface area (Å²) in [5, 5.41) is 9.09. The molecule has 0 amide bonds. The topological polar surface area (TPSA) is 80.6 Å². The van der Waals surface area contributed by atoms with Crippen LogP contribution in [0.3, 0.4) is 0 Å². The summed E-state index contributed by atoms with van der Waals surface area (Å²) in [6.45, 7) is -0.119. The molecule has 0 aromatic carbocycles. The molecule has 0 saturated carbocycles. The fourth-order valence-electron chi connectivity index (χ4n) is 1.62. The summed E-state index contributed by atoms with van der Waals surface area (Å²) in [6, 6.07) is 1.31. The smallest absolute Gasteiger partial charge is 0.390 e. The molecule has 0 radical (unpaired) electrons. The van der Waals surface area contributed by atoms with E-state index in [0.717, 1.165) is 0 Å². The van der Waals surface area contributed by atoms with Crippen molar-refractivity contribution in [2.75, 3.05) is 19.8 Å². The van der Waals surface area contributed by atoms with Crippen LogP contribution in [0.25, 0.3) is 0 Å². The molecule has 2 N–H and O–H groups in total. The van der Waals surface area contributed by atoms with Crippen molar-refractivity contribution in [2.24, 2.45) is 0 Å². The maximum Gasteiger partial charge on any atom is 0.411 e. The SMILES string of the molecule is CCn1cc(S(=O)(=O)NCCOCC(F)(F)F)cc1CO. The molecule has 1 aromatic heterocycles. The third-order valence-corrected chi connectivity index (χ3v) is 4.01. The highest BCUT2D eigenvalue weighted by Gasteiger charge is 2.27. The lowest BCUT2D eigenvalue weighted by Crippen LogP contribution is -2.28. The zero-order chi connectivity index (χ0) is 16.1. The van der Waals surface area contributed by atoms with E-state index in [-0.39, 0.29) is 24.7 Å². The summed E-state index contributed by atoms with van der Waals surface area (Å²) in [6.07, 6.45) is -3.09. The first kappa shape index (κ1) is 18.0. The van der Waals surface area contributed by atoms with Crippen LogP contribution in [0.1, 0.15) is 12.6 Å². The molecule has 122 valence electrons. The fourth-order valence-corrected chi connectivity index (χ4v) is 2.69. The standard InChI is InChI=1S/C11H17F3N2O4S/c1-2-16-6-10(5-9(16)7-17)21(18,19)15-3-4-20-8-11(12,13)14/h5-6,15,17H,2-4,7-8H2,1H3. The third-order valence-electron chi connectivity index (χ3n) is 2.58. The molecule has 0 bridgehead atoms. The Hall–Kier alpha value is -1.10. The van der Waals surface area contributed by atoms with Gasteiger partial charge in [-0.1, -0.05) is 0 Å². The van der Waals surface area contributed by atoms with Gasteiger partial charge in [-0.2, -0.15) is 13.2 Å². The molecule has 0 unspecified atom stereocenters. The molecule has 0 saturated heterocycles. The van der Waals surface area contributed by atoms with Crippen LogP contribution < -0.4 is 4.72 Å². The Morgan fingerprint density at radius 2 is 2.10 bits per heavy atom. The quantitative estimate of drug-likeness (QED) is 0.693. The Bertz CT molecular complexity index is 533. The van der Waals surface area contributed by atoms with Gasteiger partial charge in [0.25, 0.3) is 0 Å². The number of nitrogens with one attached hydrogen (secondary N) is 1. The second-order valence-electron chi connectivity index (χ2n) is 4.18. The third kappa shape index (κ3) is 5.65. The number of aryl methyl sites for hydroxylation is 1. The van der Waals surface area contributed by atoms with Gasteiger partial charge < -0.3 is 14.4 Å². The lowest BCUT2D eigenvalue weighted by Gasteiger charge is -2.08. The average Bonchev–Trinajstić information content (AvgIpc) is 2.80. The highest BCUT2D eigenvalue weighted by molar-refractivity contribution is 7.89. The van der Waals surface area contributed by atoms with E-state index in [0.29, 0.717) is 12.2 Å². The second-order valence-corrected chi connectivity index (χ2v) is 5.94. The monoisotopic (exact) mass is 330 g/mol. The van der Waals surface area contributed by atoms with Crippen LogP contribution in [0.5, 0.6) is 0 Å². The van der Waals surface area contributed by atoms with Crippen molar-refractivity contribution in [3.8, 4) is 0 Å². The van der Waals surface area contributed by atoms with Crippen molar-refractivity contribution in [3.05, 3.63) is 18.0 Å². The zero-order valence-corrected chi connectivity index (χ0v) is 12.2. The lowest BCUT2D eigenvalue weighted by molar-refractivity contribution is -0.173. The van der Waals surface area contributed by atoms with Crippen molar-refractivity contribution in [2.45, 2.75) is 31.1 Å². The van der Waals surface area contributed by atoms with E-state index in [9.17, 15) is 21.6 Å². The first-order chi connectivity index (χ1) is 9.69. The van der Waals surface area contributed by atoms with E-state index in [2.05, 4.69) is 9.46 Å². The predicted molar refractivity (Wildman–Crippen MR) is 68.1 cm³/mol. The number of aliphatic hydroxyl groups excluding tert-OH is 1. The molecule has 1 aromatic rings. The average molecular weight is 330 g/mol. The van der Waals surface area contributed by atoms with Crippen LogP contribution in [0.4, 0.5) is 13.2 Å². The number of aliphatic hydroxyl groups is 1. The van der Waals surface area contributed by atoms with E-state index in [4.69, 9.17) is 5.11 Å². The number of ether oxygens (including phenoxy) is 1. The van der Waals surface area contributed by atoms with Crippen molar-refractivity contribution >= 4 is 10.0 Å². The van der Waals surface area contributed by atoms with Gasteiger partial charge in [-0.05, 0) is 13.0 Å². The summed E-state index contributed by atoms with van der Waals surface area (Å²) < 4.78 is 67.3. The van der Waals surface area contributed by atoms with Crippen molar-refractivity contribution in [1.82, 2.24) is 9.29 Å². The molecule has 0 aliphatic carbocycles. The van der Waals surface area contributed by atoms with Crippen LogP contribution in [-0.4, -0.2) is 44.0 Å². The molecular weight excluding hydrogens is 313 g/mol. The Morgan fingerprint density at radius 1 is 1.43 bits per heavy atom. The first-order valence-electron chi connectivity index (χ1n) is 6.13. The molecule has 0 fully saturated rings. The van der Waals surface area contributed by atoms with Gasteiger partial charge in [0.1, 0.15) is 6.61 Å². The summed E-state index contributed by atoms with van der Waals surface area (Å²) in [7, 11) is -3.84. The molecule has 0 spiro atoms. The van der Waals surface area contributed by atoms with E-state index < -0.39 is 22.8 Å². The highest BCUT2D eigenvalue weighted by atomic mass is 32.2. The number of halogens is 3. The van der Waals surface area contributed by atoms with Gasteiger partial charge in [0, 0.05) is 25.0 Å². The van der Waals surface area contributed by atoms with Crippen molar-refractivity contribution in [1.29, 1.82) is 0 Å². The van der Waals surface area contributed by atoms with Crippen molar-refractivity contribution in [3.63, 3.8) is 0 Å². The van der Waals surface area contributed by atoms with Crippen molar-refractivity contribution < 1.29 is 31.4 Å². The summed E-state index contributed by atoms with van der Waals surface area (Å²) in [5.74, 6) is 0. The van der Waals surface area contributed by atoms with Gasteiger partial charge in [-0.25, -0.2) is 13.1 Å². The van der Waals surface area contributed by atoms with E-state index in [1.165, 1.54) is 12.3 Å². The fraction of sp³-hybridized carbons (Fsp3) is 0.636. The number of aromatic nitrogens is 1. The number of sulfonamides is 1. The Labute approximate surface area is 120 Å². The zero-order valence-electron chi connectivity index (χ0n) is 11.4. The molecule has 0 atom stereocenters. The maximum absolute atomic E-state index is 11.9. The number of nitrogens with zero attached hydrogens (tertiary/aromatic N) is 1. The number of hydrogen-bond acceptors (Lipinski definition) is 4. The molecule has 1 heterocycles. The van der Waals surface area contributed by atoms with Crippen LogP contribution in [0.15, 0.2) is 17.2 Å². The lowest BCUT2D eigenvalue weighted by atomic mass is 10.4. The predicted octanol–water partition coefficient (Wildman–Crippen LogP) is 0.857. The van der Waals surface area contributed by atoms with Crippen LogP contribution in [0.2, 0.25) is 0 Å². The largest absolute Gasteiger partial charge is 0.411 e. The molecule has 6 nitrogen and oxygen atoms in total. The normalized spacial score (nSPS) is 12.8. The van der Waals surface area contributed by atoms with Gasteiger partial charge in [-0.15, -0.1) is 0 Å².